The van der Waals surface area contributed by atoms with Crippen LogP contribution in [0.2, 0.25) is 0 Å². The quantitative estimate of drug-likeness (QED) is 0.186. The Bertz CT molecular complexity index is 2840. The monoisotopic (exact) mass is 651 g/mol. The van der Waals surface area contributed by atoms with Gasteiger partial charge < -0.3 is 4.42 Å². The van der Waals surface area contributed by atoms with Gasteiger partial charge in [0, 0.05) is 32.8 Å². The molecule has 2 heterocycles. The lowest BCUT2D eigenvalue weighted by Gasteiger charge is -2.11. The molecular formula is C47H29N3O. The van der Waals surface area contributed by atoms with Gasteiger partial charge in [-0.05, 0) is 62.7 Å². The summed E-state index contributed by atoms with van der Waals surface area (Å²) in [7, 11) is 0. The Morgan fingerprint density at radius 3 is 1.55 bits per heavy atom. The van der Waals surface area contributed by atoms with Crippen LogP contribution in [-0.4, -0.2) is 15.0 Å². The van der Waals surface area contributed by atoms with E-state index in [1.54, 1.807) is 0 Å². The van der Waals surface area contributed by atoms with E-state index in [9.17, 15) is 0 Å². The van der Waals surface area contributed by atoms with Crippen molar-refractivity contribution in [2.75, 3.05) is 0 Å². The fraction of sp³-hybridized carbons (Fsp3) is 0. The summed E-state index contributed by atoms with van der Waals surface area (Å²) in [6, 6.07) is 61.0. The highest BCUT2D eigenvalue weighted by Gasteiger charge is 2.20. The molecule has 0 aliphatic heterocycles. The largest absolute Gasteiger partial charge is 0.455 e. The van der Waals surface area contributed by atoms with E-state index in [1.165, 1.54) is 21.9 Å². The van der Waals surface area contributed by atoms with Gasteiger partial charge in [-0.2, -0.15) is 0 Å². The Morgan fingerprint density at radius 1 is 0.333 bits per heavy atom. The molecule has 0 radical (unpaired) electrons. The van der Waals surface area contributed by atoms with Crippen LogP contribution in [0.25, 0.3) is 99.9 Å². The molecule has 0 unspecified atom stereocenters. The number of aromatic nitrogens is 3. The molecule has 10 aromatic rings. The maximum atomic E-state index is 6.70. The summed E-state index contributed by atoms with van der Waals surface area (Å²) in [5.74, 6) is 1.88. The average molecular weight is 652 g/mol. The molecule has 0 saturated carbocycles. The number of benzene rings is 8. The Balaban J connectivity index is 1.20. The molecule has 238 valence electrons. The van der Waals surface area contributed by atoms with Crippen molar-refractivity contribution in [3.8, 4) is 56.4 Å². The van der Waals surface area contributed by atoms with Crippen molar-refractivity contribution < 1.29 is 4.42 Å². The average Bonchev–Trinajstić information content (AvgIpc) is 3.60. The molecular weight excluding hydrogens is 623 g/mol. The molecule has 0 spiro atoms. The second kappa shape index (κ2) is 11.9. The summed E-state index contributed by atoms with van der Waals surface area (Å²) in [6.45, 7) is 0. The summed E-state index contributed by atoms with van der Waals surface area (Å²) in [6.07, 6.45) is 0. The van der Waals surface area contributed by atoms with E-state index >= 15 is 0 Å². The molecule has 10 rings (SSSR count). The number of hydrogen-bond donors (Lipinski definition) is 0. The zero-order valence-corrected chi connectivity index (χ0v) is 27.5. The number of nitrogens with zero attached hydrogens (tertiary/aromatic N) is 3. The van der Waals surface area contributed by atoms with Gasteiger partial charge in [0.15, 0.2) is 17.5 Å². The van der Waals surface area contributed by atoms with Crippen molar-refractivity contribution >= 4 is 43.5 Å². The molecule has 2 aromatic heterocycles. The smallest absolute Gasteiger partial charge is 0.164 e. The molecule has 0 saturated heterocycles. The number of fused-ring (bicyclic) bond motifs is 6. The van der Waals surface area contributed by atoms with Gasteiger partial charge in [-0.3, -0.25) is 0 Å². The van der Waals surface area contributed by atoms with Crippen LogP contribution in [0.5, 0.6) is 0 Å². The lowest BCUT2D eigenvalue weighted by Crippen LogP contribution is -2.00. The minimum Gasteiger partial charge on any atom is -0.455 e. The van der Waals surface area contributed by atoms with Crippen LogP contribution in [0.15, 0.2) is 180 Å². The number of rotatable bonds is 5. The van der Waals surface area contributed by atoms with Crippen molar-refractivity contribution in [2.24, 2.45) is 0 Å². The van der Waals surface area contributed by atoms with Crippen LogP contribution < -0.4 is 0 Å². The molecule has 0 bridgehead atoms. The Labute approximate surface area is 294 Å². The molecule has 51 heavy (non-hydrogen) atoms. The summed E-state index contributed by atoms with van der Waals surface area (Å²) in [5.41, 5.74) is 9.18. The molecule has 4 heteroatoms. The third-order valence-electron chi connectivity index (χ3n) is 9.70. The summed E-state index contributed by atoms with van der Waals surface area (Å²) in [5, 5.41) is 6.53. The minimum atomic E-state index is 0.618. The highest BCUT2D eigenvalue weighted by molar-refractivity contribution is 6.22. The minimum absolute atomic E-state index is 0.618. The van der Waals surface area contributed by atoms with E-state index in [1.807, 2.05) is 60.7 Å². The summed E-state index contributed by atoms with van der Waals surface area (Å²) < 4.78 is 6.70. The molecule has 0 aliphatic carbocycles. The topological polar surface area (TPSA) is 51.8 Å². The van der Waals surface area contributed by atoms with Crippen LogP contribution in [0.1, 0.15) is 0 Å². The van der Waals surface area contributed by atoms with Crippen molar-refractivity contribution in [1.82, 2.24) is 15.0 Å². The Morgan fingerprint density at radius 2 is 0.882 bits per heavy atom. The molecule has 0 N–H and O–H groups in total. The summed E-state index contributed by atoms with van der Waals surface area (Å²) in [4.78, 5) is 15.2. The predicted octanol–water partition coefficient (Wildman–Crippen LogP) is 12.4. The third-order valence-corrected chi connectivity index (χ3v) is 9.70. The number of furan rings is 1. The molecule has 0 atom stereocenters. The Kier molecular flexibility index (Phi) is 6.78. The van der Waals surface area contributed by atoms with E-state index < -0.39 is 0 Å². The van der Waals surface area contributed by atoms with Gasteiger partial charge in [-0.25, -0.2) is 15.0 Å². The fourth-order valence-electron chi connectivity index (χ4n) is 7.23. The van der Waals surface area contributed by atoms with Crippen molar-refractivity contribution in [3.63, 3.8) is 0 Å². The SMILES string of the molecule is c1ccc(-c2ccc3cc(-c4cccc5oc6c7ccccc7c(-c7nc(-c8ccccc8)nc(-c8ccccc8)n7)cc6c45)ccc3c2)cc1. The highest BCUT2D eigenvalue weighted by Crippen LogP contribution is 2.43. The predicted molar refractivity (Wildman–Crippen MR) is 209 cm³/mol. The first-order valence-electron chi connectivity index (χ1n) is 17.1. The molecule has 8 aromatic carbocycles. The zero-order chi connectivity index (χ0) is 33.7. The van der Waals surface area contributed by atoms with Gasteiger partial charge in [0.1, 0.15) is 11.2 Å². The standard InChI is InChI=1S/C47H29N3O/c1-4-13-30(14-5-1)33-23-24-35-28-36(26-25-34(35)27-33)37-21-12-22-42-43(37)41-29-40(38-19-10-11-20-39(38)44(41)51-42)47-49-45(31-15-6-2-7-16-31)48-46(50-47)32-17-8-3-9-18-32/h1-29H. The van der Waals surface area contributed by atoms with Crippen LogP contribution in [0.3, 0.4) is 0 Å². The van der Waals surface area contributed by atoms with Crippen LogP contribution in [0, 0.1) is 0 Å². The molecule has 0 fully saturated rings. The first-order chi connectivity index (χ1) is 25.3. The zero-order valence-electron chi connectivity index (χ0n) is 27.5. The third kappa shape index (κ3) is 5.04. The van der Waals surface area contributed by atoms with Gasteiger partial charge in [0.25, 0.3) is 0 Å². The van der Waals surface area contributed by atoms with E-state index in [-0.39, 0.29) is 0 Å². The van der Waals surface area contributed by atoms with E-state index in [0.29, 0.717) is 17.5 Å². The van der Waals surface area contributed by atoms with Crippen LogP contribution in [0.4, 0.5) is 0 Å². The first-order valence-corrected chi connectivity index (χ1v) is 17.1. The van der Waals surface area contributed by atoms with Gasteiger partial charge in [-0.15, -0.1) is 0 Å². The lowest BCUT2D eigenvalue weighted by molar-refractivity contribution is 0.673. The molecule has 4 nitrogen and oxygen atoms in total. The van der Waals surface area contributed by atoms with Crippen LogP contribution >= 0.6 is 0 Å². The molecule has 0 amide bonds. The summed E-state index contributed by atoms with van der Waals surface area (Å²) >= 11 is 0. The fourth-order valence-corrected chi connectivity index (χ4v) is 7.23. The van der Waals surface area contributed by atoms with Crippen molar-refractivity contribution in [2.45, 2.75) is 0 Å². The maximum absolute atomic E-state index is 6.70. The molecule has 0 aliphatic rings. The number of hydrogen-bond acceptors (Lipinski definition) is 4. The Hall–Kier alpha value is -6.91. The van der Waals surface area contributed by atoms with E-state index in [2.05, 4.69) is 115 Å². The van der Waals surface area contributed by atoms with Crippen molar-refractivity contribution in [1.29, 1.82) is 0 Å². The van der Waals surface area contributed by atoms with Crippen molar-refractivity contribution in [3.05, 3.63) is 176 Å². The van der Waals surface area contributed by atoms with Gasteiger partial charge in [0.05, 0.1) is 0 Å². The first kappa shape index (κ1) is 29.0. The lowest BCUT2D eigenvalue weighted by atomic mass is 9.94. The van der Waals surface area contributed by atoms with Gasteiger partial charge >= 0.3 is 0 Å². The second-order valence-electron chi connectivity index (χ2n) is 12.8. The second-order valence-corrected chi connectivity index (χ2v) is 12.8. The van der Waals surface area contributed by atoms with Crippen LogP contribution in [-0.2, 0) is 0 Å². The highest BCUT2D eigenvalue weighted by atomic mass is 16.3. The van der Waals surface area contributed by atoms with Gasteiger partial charge in [0.2, 0.25) is 0 Å². The maximum Gasteiger partial charge on any atom is 0.164 e. The van der Waals surface area contributed by atoms with Gasteiger partial charge in [-0.1, -0.05) is 152 Å². The van der Waals surface area contributed by atoms with E-state index in [4.69, 9.17) is 19.4 Å². The normalized spacial score (nSPS) is 11.5. The van der Waals surface area contributed by atoms with E-state index in [0.717, 1.165) is 60.5 Å².